The quantitative estimate of drug-likeness (QED) is 0.742. The average molecular weight is 254 g/mol. The Morgan fingerprint density at radius 3 is 2.89 bits per heavy atom. The molecule has 0 radical (unpaired) electrons. The second kappa shape index (κ2) is 3.96. The van der Waals surface area contributed by atoms with Crippen LogP contribution >= 0.6 is 0 Å². The summed E-state index contributed by atoms with van der Waals surface area (Å²) >= 11 is 0. The minimum Gasteiger partial charge on any atom is -0.393 e. The van der Waals surface area contributed by atoms with Crippen molar-refractivity contribution in [2.75, 3.05) is 0 Å². The Labute approximate surface area is 115 Å². The van der Waals surface area contributed by atoms with Crippen LogP contribution in [0.25, 0.3) is 6.08 Å². The molecule has 0 aromatic heterocycles. The number of aliphatic hydroxyl groups is 1. The molecule has 0 amide bonds. The lowest BCUT2D eigenvalue weighted by Crippen LogP contribution is -2.42. The van der Waals surface area contributed by atoms with E-state index in [0.717, 1.165) is 6.42 Å². The highest BCUT2D eigenvalue weighted by molar-refractivity contribution is 5.58. The van der Waals surface area contributed by atoms with E-state index in [0.29, 0.717) is 17.8 Å². The van der Waals surface area contributed by atoms with Crippen molar-refractivity contribution in [3.05, 3.63) is 41.5 Å². The number of benzene rings is 1. The summed E-state index contributed by atoms with van der Waals surface area (Å²) < 4.78 is 0. The van der Waals surface area contributed by atoms with E-state index in [9.17, 15) is 5.11 Å². The van der Waals surface area contributed by atoms with Gasteiger partial charge in [-0.2, -0.15) is 0 Å². The molecule has 3 aliphatic rings. The highest BCUT2D eigenvalue weighted by Gasteiger charge is 2.53. The minimum atomic E-state index is -0.0796. The fourth-order valence-corrected chi connectivity index (χ4v) is 5.01. The highest BCUT2D eigenvalue weighted by atomic mass is 16.3. The zero-order valence-electron chi connectivity index (χ0n) is 11.5. The van der Waals surface area contributed by atoms with Crippen molar-refractivity contribution < 1.29 is 5.11 Å². The molecule has 0 saturated heterocycles. The number of fused-ring (bicyclic) bond motifs is 5. The largest absolute Gasteiger partial charge is 0.393 e. The molecule has 0 aliphatic heterocycles. The molecule has 3 aliphatic carbocycles. The summed E-state index contributed by atoms with van der Waals surface area (Å²) in [5, 5.41) is 10.3. The number of allylic oxidation sites excluding steroid dienone is 1. The molecule has 1 N–H and O–H groups in total. The maximum absolute atomic E-state index is 10.3. The van der Waals surface area contributed by atoms with Gasteiger partial charge in [0.2, 0.25) is 0 Å². The minimum absolute atomic E-state index is 0.0796. The molecule has 2 saturated carbocycles. The maximum Gasteiger partial charge on any atom is 0.0596 e. The Morgan fingerprint density at radius 2 is 2.00 bits per heavy atom. The normalized spacial score (nSPS) is 43.5. The second-order valence-electron chi connectivity index (χ2n) is 6.92. The first kappa shape index (κ1) is 11.7. The molecule has 2 fully saturated rings. The third-order valence-electron chi connectivity index (χ3n) is 6.18. The molecule has 0 heterocycles. The van der Waals surface area contributed by atoms with Crippen molar-refractivity contribution in [1.82, 2.24) is 0 Å². The van der Waals surface area contributed by atoms with Crippen molar-refractivity contribution in [3.8, 4) is 0 Å². The van der Waals surface area contributed by atoms with Gasteiger partial charge in [0.15, 0.2) is 0 Å². The van der Waals surface area contributed by atoms with Crippen LogP contribution in [0.3, 0.4) is 0 Å². The predicted molar refractivity (Wildman–Crippen MR) is 77.8 cm³/mol. The van der Waals surface area contributed by atoms with Crippen LogP contribution in [0.4, 0.5) is 0 Å². The summed E-state index contributed by atoms with van der Waals surface area (Å²) in [7, 11) is 0. The highest BCUT2D eigenvalue weighted by Crippen LogP contribution is 2.59. The van der Waals surface area contributed by atoms with E-state index < -0.39 is 0 Å². The standard InChI is InChI=1S/C18H22O/c1-18-11-10-14-13-5-3-2-4-12(13)6-7-15(14)16(18)8-9-17(18)19/h2-7,14-17,19H,8-11H2,1H3/t14-,15-,16+,17-,18+/m0/s1. The first-order valence-electron chi connectivity index (χ1n) is 7.65. The number of aliphatic hydroxyl groups excluding tert-OH is 1. The van der Waals surface area contributed by atoms with Gasteiger partial charge in [-0.05, 0) is 60.0 Å². The van der Waals surface area contributed by atoms with Crippen LogP contribution in [-0.4, -0.2) is 11.2 Å². The summed E-state index contributed by atoms with van der Waals surface area (Å²) in [6.07, 6.45) is 9.28. The van der Waals surface area contributed by atoms with Crippen LogP contribution in [0.5, 0.6) is 0 Å². The molecule has 1 aromatic carbocycles. The fraction of sp³-hybridized carbons (Fsp3) is 0.556. The zero-order chi connectivity index (χ0) is 13.0. The van der Waals surface area contributed by atoms with Crippen LogP contribution in [0.1, 0.15) is 49.7 Å². The van der Waals surface area contributed by atoms with E-state index in [2.05, 4.69) is 43.3 Å². The molecule has 0 spiro atoms. The number of rotatable bonds is 0. The van der Waals surface area contributed by atoms with Gasteiger partial charge in [-0.25, -0.2) is 0 Å². The summed E-state index contributed by atoms with van der Waals surface area (Å²) in [5.41, 5.74) is 3.11. The Kier molecular flexibility index (Phi) is 2.44. The van der Waals surface area contributed by atoms with Gasteiger partial charge in [-0.15, -0.1) is 0 Å². The second-order valence-corrected chi connectivity index (χ2v) is 6.92. The van der Waals surface area contributed by atoms with Crippen LogP contribution in [0.15, 0.2) is 30.3 Å². The molecule has 1 aromatic rings. The van der Waals surface area contributed by atoms with Crippen LogP contribution in [0.2, 0.25) is 0 Å². The molecule has 19 heavy (non-hydrogen) atoms. The van der Waals surface area contributed by atoms with Gasteiger partial charge in [-0.3, -0.25) is 0 Å². The first-order valence-corrected chi connectivity index (χ1v) is 7.65. The van der Waals surface area contributed by atoms with E-state index in [1.807, 2.05) is 0 Å². The van der Waals surface area contributed by atoms with E-state index in [1.165, 1.54) is 24.8 Å². The predicted octanol–water partition coefficient (Wildman–Crippen LogP) is 3.98. The Hall–Kier alpha value is -1.08. The van der Waals surface area contributed by atoms with E-state index in [4.69, 9.17) is 0 Å². The van der Waals surface area contributed by atoms with Crippen molar-refractivity contribution in [1.29, 1.82) is 0 Å². The maximum atomic E-state index is 10.3. The molecule has 0 bridgehead atoms. The third-order valence-corrected chi connectivity index (χ3v) is 6.18. The first-order chi connectivity index (χ1) is 9.20. The summed E-state index contributed by atoms with van der Waals surface area (Å²) in [4.78, 5) is 0. The van der Waals surface area contributed by atoms with Crippen molar-refractivity contribution in [2.24, 2.45) is 17.3 Å². The Balaban J connectivity index is 1.76. The van der Waals surface area contributed by atoms with Gasteiger partial charge in [0.1, 0.15) is 0 Å². The Morgan fingerprint density at radius 1 is 1.16 bits per heavy atom. The monoisotopic (exact) mass is 254 g/mol. The topological polar surface area (TPSA) is 20.2 Å². The summed E-state index contributed by atoms with van der Waals surface area (Å²) in [6, 6.07) is 8.85. The Bertz CT molecular complexity index is 532. The fourth-order valence-electron chi connectivity index (χ4n) is 5.01. The van der Waals surface area contributed by atoms with E-state index in [1.54, 1.807) is 5.56 Å². The third kappa shape index (κ3) is 1.51. The molecular weight excluding hydrogens is 232 g/mol. The number of hydrogen-bond acceptors (Lipinski definition) is 1. The molecule has 1 nitrogen and oxygen atoms in total. The van der Waals surface area contributed by atoms with E-state index >= 15 is 0 Å². The SMILES string of the molecule is C[C@@]12CC[C@H]3c4ccccc4C=C[C@@H]3[C@H]1CC[C@@H]2O. The smallest absolute Gasteiger partial charge is 0.0596 e. The molecule has 0 unspecified atom stereocenters. The van der Waals surface area contributed by atoms with Gasteiger partial charge >= 0.3 is 0 Å². The number of hydrogen-bond donors (Lipinski definition) is 1. The summed E-state index contributed by atoms with van der Waals surface area (Å²) in [5.74, 6) is 2.00. The lowest BCUT2D eigenvalue weighted by molar-refractivity contribution is -0.00796. The molecular formula is C18H22O. The van der Waals surface area contributed by atoms with Crippen molar-refractivity contribution in [3.63, 3.8) is 0 Å². The lowest BCUT2D eigenvalue weighted by Gasteiger charge is -2.48. The average Bonchev–Trinajstić information content (AvgIpc) is 2.75. The van der Waals surface area contributed by atoms with Gasteiger partial charge in [0.05, 0.1) is 6.10 Å². The molecule has 4 rings (SSSR count). The van der Waals surface area contributed by atoms with Crippen LogP contribution in [0, 0.1) is 17.3 Å². The molecule has 1 heteroatoms. The van der Waals surface area contributed by atoms with Gasteiger partial charge < -0.3 is 5.11 Å². The van der Waals surface area contributed by atoms with Gasteiger partial charge in [-0.1, -0.05) is 43.3 Å². The van der Waals surface area contributed by atoms with Gasteiger partial charge in [0, 0.05) is 0 Å². The van der Waals surface area contributed by atoms with Crippen molar-refractivity contribution >= 4 is 6.08 Å². The van der Waals surface area contributed by atoms with Crippen LogP contribution < -0.4 is 0 Å². The van der Waals surface area contributed by atoms with Gasteiger partial charge in [0.25, 0.3) is 0 Å². The lowest BCUT2D eigenvalue weighted by atomic mass is 9.57. The molecule has 100 valence electrons. The van der Waals surface area contributed by atoms with E-state index in [-0.39, 0.29) is 11.5 Å². The zero-order valence-corrected chi connectivity index (χ0v) is 11.5. The molecule has 5 atom stereocenters. The summed E-state index contributed by atoms with van der Waals surface area (Å²) in [6.45, 7) is 2.32. The van der Waals surface area contributed by atoms with Crippen LogP contribution in [-0.2, 0) is 0 Å². The van der Waals surface area contributed by atoms with Crippen molar-refractivity contribution in [2.45, 2.75) is 44.6 Å².